The molecule has 1 atom stereocenters. The standard InChI is InChI=1S/C14H17N3OS/c1-9-3-5-11(6-4-9)12(8-15)19-14-16-10(2)7-13(18)17-14/h3-7,12H,8,15H2,1-2H3,(H,16,17,18). The summed E-state index contributed by atoms with van der Waals surface area (Å²) in [5.41, 5.74) is 8.77. The van der Waals surface area contributed by atoms with Gasteiger partial charge in [-0.05, 0) is 19.4 Å². The molecule has 0 aliphatic heterocycles. The molecule has 19 heavy (non-hydrogen) atoms. The molecule has 0 saturated carbocycles. The van der Waals surface area contributed by atoms with Gasteiger partial charge in [-0.25, -0.2) is 4.98 Å². The molecule has 4 nitrogen and oxygen atoms in total. The first-order valence-corrected chi connectivity index (χ1v) is 6.97. The Morgan fingerprint density at radius 3 is 2.58 bits per heavy atom. The van der Waals surface area contributed by atoms with Gasteiger partial charge >= 0.3 is 0 Å². The molecule has 0 radical (unpaired) electrons. The summed E-state index contributed by atoms with van der Waals surface area (Å²) in [6, 6.07) is 9.73. The topological polar surface area (TPSA) is 71.8 Å². The molecule has 0 saturated heterocycles. The van der Waals surface area contributed by atoms with Crippen molar-refractivity contribution in [3.8, 4) is 0 Å². The van der Waals surface area contributed by atoms with Gasteiger partial charge in [0.25, 0.3) is 5.56 Å². The van der Waals surface area contributed by atoms with Crippen LogP contribution in [0.2, 0.25) is 0 Å². The van der Waals surface area contributed by atoms with E-state index in [9.17, 15) is 4.79 Å². The van der Waals surface area contributed by atoms with Gasteiger partial charge in [-0.2, -0.15) is 0 Å². The van der Waals surface area contributed by atoms with Crippen LogP contribution in [0.25, 0.3) is 0 Å². The van der Waals surface area contributed by atoms with Crippen LogP contribution in [0.15, 0.2) is 40.3 Å². The quantitative estimate of drug-likeness (QED) is 0.662. The SMILES string of the molecule is Cc1ccc(C(CN)Sc2nc(C)cc(=O)[nH]2)cc1. The number of H-pyrrole nitrogens is 1. The minimum absolute atomic E-state index is 0.0885. The molecular weight excluding hydrogens is 258 g/mol. The summed E-state index contributed by atoms with van der Waals surface area (Å²) in [6.07, 6.45) is 0. The molecular formula is C14H17N3OS. The summed E-state index contributed by atoms with van der Waals surface area (Å²) >= 11 is 1.48. The summed E-state index contributed by atoms with van der Waals surface area (Å²) in [5.74, 6) is 0. The first-order valence-electron chi connectivity index (χ1n) is 6.10. The van der Waals surface area contributed by atoms with E-state index in [1.54, 1.807) is 0 Å². The summed E-state index contributed by atoms with van der Waals surface area (Å²) in [4.78, 5) is 18.5. The molecule has 5 heteroatoms. The largest absolute Gasteiger partial charge is 0.329 e. The van der Waals surface area contributed by atoms with E-state index in [0.29, 0.717) is 17.4 Å². The Balaban J connectivity index is 2.23. The second-order valence-electron chi connectivity index (χ2n) is 4.44. The van der Waals surface area contributed by atoms with Gasteiger partial charge in [0.2, 0.25) is 0 Å². The van der Waals surface area contributed by atoms with Crippen LogP contribution >= 0.6 is 11.8 Å². The molecule has 2 rings (SSSR count). The maximum Gasteiger partial charge on any atom is 0.251 e. The number of aromatic amines is 1. The number of aromatic nitrogens is 2. The lowest BCUT2D eigenvalue weighted by Crippen LogP contribution is -2.13. The van der Waals surface area contributed by atoms with Gasteiger partial charge in [0.15, 0.2) is 5.16 Å². The lowest BCUT2D eigenvalue weighted by atomic mass is 10.1. The van der Waals surface area contributed by atoms with Crippen LogP contribution < -0.4 is 11.3 Å². The van der Waals surface area contributed by atoms with Crippen molar-refractivity contribution in [3.63, 3.8) is 0 Å². The third-order valence-electron chi connectivity index (χ3n) is 2.77. The van der Waals surface area contributed by atoms with Crippen molar-refractivity contribution in [3.05, 3.63) is 57.5 Å². The van der Waals surface area contributed by atoms with Crippen molar-refractivity contribution in [2.45, 2.75) is 24.3 Å². The van der Waals surface area contributed by atoms with Crippen LogP contribution in [0.1, 0.15) is 22.1 Å². The summed E-state index contributed by atoms with van der Waals surface area (Å²) in [5, 5.41) is 0.701. The molecule has 1 aromatic heterocycles. The predicted molar refractivity (Wildman–Crippen MR) is 78.4 cm³/mol. The van der Waals surface area contributed by atoms with Crippen molar-refractivity contribution >= 4 is 11.8 Å². The van der Waals surface area contributed by atoms with Gasteiger partial charge in [0, 0.05) is 23.6 Å². The summed E-state index contributed by atoms with van der Waals surface area (Å²) in [7, 11) is 0. The highest BCUT2D eigenvalue weighted by Crippen LogP contribution is 2.31. The van der Waals surface area contributed by atoms with Gasteiger partial charge in [-0.3, -0.25) is 4.79 Å². The van der Waals surface area contributed by atoms with Crippen LogP contribution in [0.5, 0.6) is 0 Å². The van der Waals surface area contributed by atoms with E-state index in [2.05, 4.69) is 34.2 Å². The van der Waals surface area contributed by atoms with Crippen molar-refractivity contribution in [2.24, 2.45) is 5.73 Å². The first-order chi connectivity index (χ1) is 9.08. The molecule has 100 valence electrons. The van der Waals surface area contributed by atoms with Gasteiger partial charge in [0.1, 0.15) is 0 Å². The van der Waals surface area contributed by atoms with Crippen molar-refractivity contribution in [2.75, 3.05) is 6.54 Å². The van der Waals surface area contributed by atoms with E-state index in [4.69, 9.17) is 5.73 Å². The zero-order valence-corrected chi connectivity index (χ0v) is 11.8. The molecule has 0 aliphatic rings. The van der Waals surface area contributed by atoms with E-state index in [1.807, 2.05) is 13.8 Å². The molecule has 0 bridgehead atoms. The van der Waals surface area contributed by atoms with Crippen molar-refractivity contribution in [1.29, 1.82) is 0 Å². The Bertz CT molecular complexity index is 607. The highest BCUT2D eigenvalue weighted by atomic mass is 32.2. The number of hydrogen-bond donors (Lipinski definition) is 2. The molecule has 0 fully saturated rings. The second-order valence-corrected chi connectivity index (χ2v) is 5.64. The Labute approximate surface area is 116 Å². The number of thioether (sulfide) groups is 1. The average Bonchev–Trinajstić information content (AvgIpc) is 2.36. The zero-order chi connectivity index (χ0) is 13.8. The van der Waals surface area contributed by atoms with E-state index in [1.165, 1.54) is 23.4 Å². The van der Waals surface area contributed by atoms with E-state index in [-0.39, 0.29) is 10.8 Å². The Hall–Kier alpha value is -1.59. The number of nitrogens with one attached hydrogen (secondary N) is 1. The number of aryl methyl sites for hydroxylation is 2. The number of nitrogens with two attached hydrogens (primary N) is 1. The molecule has 0 spiro atoms. The van der Waals surface area contributed by atoms with Crippen LogP contribution in [-0.2, 0) is 0 Å². The molecule has 0 aliphatic carbocycles. The Kier molecular flexibility index (Phi) is 4.39. The van der Waals surface area contributed by atoms with E-state index >= 15 is 0 Å². The third kappa shape index (κ3) is 3.68. The molecule has 1 unspecified atom stereocenters. The first kappa shape index (κ1) is 13.8. The summed E-state index contributed by atoms with van der Waals surface area (Å²) in [6.45, 7) is 4.35. The average molecular weight is 275 g/mol. The fraction of sp³-hybridized carbons (Fsp3) is 0.286. The molecule has 1 heterocycles. The fourth-order valence-electron chi connectivity index (χ4n) is 1.78. The minimum Gasteiger partial charge on any atom is -0.329 e. The monoisotopic (exact) mass is 275 g/mol. The maximum atomic E-state index is 11.4. The van der Waals surface area contributed by atoms with Crippen molar-refractivity contribution < 1.29 is 0 Å². The maximum absolute atomic E-state index is 11.4. The second kappa shape index (κ2) is 6.04. The van der Waals surface area contributed by atoms with Gasteiger partial charge in [-0.15, -0.1) is 0 Å². The van der Waals surface area contributed by atoms with E-state index < -0.39 is 0 Å². The minimum atomic E-state index is -0.130. The van der Waals surface area contributed by atoms with Gasteiger partial charge in [-0.1, -0.05) is 41.6 Å². The number of benzene rings is 1. The van der Waals surface area contributed by atoms with E-state index in [0.717, 1.165) is 5.56 Å². The lowest BCUT2D eigenvalue weighted by Gasteiger charge is -2.14. The highest BCUT2D eigenvalue weighted by molar-refractivity contribution is 7.99. The predicted octanol–water partition coefficient (Wildman–Crippen LogP) is 2.18. The van der Waals surface area contributed by atoms with Crippen LogP contribution in [0.3, 0.4) is 0 Å². The van der Waals surface area contributed by atoms with Crippen LogP contribution in [0.4, 0.5) is 0 Å². The number of hydrogen-bond acceptors (Lipinski definition) is 4. The van der Waals surface area contributed by atoms with Crippen LogP contribution in [-0.4, -0.2) is 16.5 Å². The number of rotatable bonds is 4. The Morgan fingerprint density at radius 1 is 1.32 bits per heavy atom. The van der Waals surface area contributed by atoms with Crippen LogP contribution in [0, 0.1) is 13.8 Å². The molecule has 2 aromatic rings. The molecule has 3 N–H and O–H groups in total. The summed E-state index contributed by atoms with van der Waals surface area (Å²) < 4.78 is 0. The smallest absolute Gasteiger partial charge is 0.251 e. The Morgan fingerprint density at radius 2 is 2.00 bits per heavy atom. The molecule has 1 aromatic carbocycles. The number of nitrogens with zero attached hydrogens (tertiary/aromatic N) is 1. The normalized spacial score (nSPS) is 12.4. The molecule has 0 amide bonds. The lowest BCUT2D eigenvalue weighted by molar-refractivity contribution is 0.879. The zero-order valence-electron chi connectivity index (χ0n) is 11.0. The fourth-order valence-corrected chi connectivity index (χ4v) is 2.79. The third-order valence-corrected chi connectivity index (χ3v) is 3.93. The van der Waals surface area contributed by atoms with Crippen molar-refractivity contribution in [1.82, 2.24) is 9.97 Å². The van der Waals surface area contributed by atoms with Gasteiger partial charge in [0.05, 0.1) is 0 Å². The highest BCUT2D eigenvalue weighted by Gasteiger charge is 2.13. The van der Waals surface area contributed by atoms with Gasteiger partial charge < -0.3 is 10.7 Å².